The zero-order valence-electron chi connectivity index (χ0n) is 11.4. The van der Waals surface area contributed by atoms with Crippen molar-refractivity contribution in [2.75, 3.05) is 19.5 Å². The Balaban J connectivity index is 2.41. The van der Waals surface area contributed by atoms with Gasteiger partial charge >= 0.3 is 0 Å². The highest BCUT2D eigenvalue weighted by molar-refractivity contribution is 7.13. The first-order valence-corrected chi connectivity index (χ1v) is 6.78. The minimum Gasteiger partial charge on any atom is -0.496 e. The summed E-state index contributed by atoms with van der Waals surface area (Å²) in [5, 5.41) is 5.45. The van der Waals surface area contributed by atoms with Crippen LogP contribution in [0.3, 0.4) is 0 Å². The maximum Gasteiger partial charge on any atom is 0.212 e. The number of methoxy groups -OCH3 is 1. The van der Waals surface area contributed by atoms with Gasteiger partial charge in [-0.3, -0.25) is 4.79 Å². The number of aromatic nitrogens is 1. The molecule has 0 saturated heterocycles. The van der Waals surface area contributed by atoms with Crippen molar-refractivity contribution in [1.29, 1.82) is 0 Å². The Morgan fingerprint density at radius 2 is 2.05 bits per heavy atom. The Morgan fingerprint density at radius 1 is 1.32 bits per heavy atom. The van der Waals surface area contributed by atoms with Gasteiger partial charge in [-0.2, -0.15) is 0 Å². The predicted octanol–water partition coefficient (Wildman–Crippen LogP) is 3.04. The molecule has 1 aromatic carbocycles. The van der Waals surface area contributed by atoms with Gasteiger partial charge in [0.15, 0.2) is 5.13 Å². The summed E-state index contributed by atoms with van der Waals surface area (Å²) in [5.74, 6) is 0.740. The molecule has 0 saturated carbocycles. The molecule has 2 rings (SSSR count). The molecule has 0 aliphatic rings. The predicted molar refractivity (Wildman–Crippen MR) is 77.6 cm³/mol. The quantitative estimate of drug-likeness (QED) is 0.872. The van der Waals surface area contributed by atoms with E-state index in [0.717, 1.165) is 22.0 Å². The van der Waals surface area contributed by atoms with Gasteiger partial charge in [0, 0.05) is 18.0 Å². The third-order valence-corrected chi connectivity index (χ3v) is 3.80. The molecule has 0 amide bonds. The van der Waals surface area contributed by atoms with Crippen LogP contribution in [0.25, 0.3) is 0 Å². The summed E-state index contributed by atoms with van der Waals surface area (Å²) in [4.78, 5) is 16.7. The van der Waals surface area contributed by atoms with E-state index in [4.69, 9.17) is 4.74 Å². The number of anilines is 1. The van der Waals surface area contributed by atoms with Gasteiger partial charge in [0.2, 0.25) is 5.78 Å². The fourth-order valence-electron chi connectivity index (χ4n) is 1.89. The van der Waals surface area contributed by atoms with Crippen molar-refractivity contribution in [2.45, 2.75) is 13.8 Å². The summed E-state index contributed by atoms with van der Waals surface area (Å²) in [7, 11) is 3.42. The molecule has 1 heterocycles. The molecule has 19 heavy (non-hydrogen) atoms. The van der Waals surface area contributed by atoms with Crippen LogP contribution in [0.15, 0.2) is 17.5 Å². The lowest BCUT2D eigenvalue weighted by Crippen LogP contribution is -2.05. The molecule has 0 unspecified atom stereocenters. The molecule has 100 valence electrons. The zero-order chi connectivity index (χ0) is 14.0. The summed E-state index contributed by atoms with van der Waals surface area (Å²) in [5.41, 5.74) is 2.99. The van der Waals surface area contributed by atoms with E-state index in [1.807, 2.05) is 26.0 Å². The summed E-state index contributed by atoms with van der Waals surface area (Å²) in [6, 6.07) is 3.74. The fourth-order valence-corrected chi connectivity index (χ4v) is 2.54. The number of benzene rings is 1. The van der Waals surface area contributed by atoms with E-state index in [-0.39, 0.29) is 5.78 Å². The van der Waals surface area contributed by atoms with Crippen molar-refractivity contribution in [2.24, 2.45) is 0 Å². The number of carbonyl (C=O) groups is 1. The van der Waals surface area contributed by atoms with E-state index >= 15 is 0 Å². The highest BCUT2D eigenvalue weighted by Crippen LogP contribution is 2.25. The first-order chi connectivity index (χ1) is 9.06. The first-order valence-electron chi connectivity index (χ1n) is 5.90. The second-order valence-electron chi connectivity index (χ2n) is 4.25. The molecule has 0 bridgehead atoms. The number of hydrogen-bond donors (Lipinski definition) is 1. The Kier molecular flexibility index (Phi) is 3.85. The van der Waals surface area contributed by atoms with Crippen LogP contribution in [0.2, 0.25) is 0 Å². The van der Waals surface area contributed by atoms with Crippen LogP contribution in [-0.4, -0.2) is 24.9 Å². The van der Waals surface area contributed by atoms with Crippen molar-refractivity contribution >= 4 is 22.3 Å². The Morgan fingerprint density at radius 3 is 2.63 bits per heavy atom. The van der Waals surface area contributed by atoms with Crippen molar-refractivity contribution in [1.82, 2.24) is 4.98 Å². The first kappa shape index (κ1) is 13.5. The SMILES string of the molecule is CNc1nc(C(=O)c2cc(C)c(OC)cc2C)cs1. The molecule has 0 aliphatic carbocycles. The average molecular weight is 276 g/mol. The molecule has 0 radical (unpaired) electrons. The summed E-state index contributed by atoms with van der Waals surface area (Å²) >= 11 is 1.42. The molecule has 0 spiro atoms. The van der Waals surface area contributed by atoms with Gasteiger partial charge in [0.1, 0.15) is 11.4 Å². The van der Waals surface area contributed by atoms with Gasteiger partial charge < -0.3 is 10.1 Å². The van der Waals surface area contributed by atoms with Gasteiger partial charge in [0.05, 0.1) is 7.11 Å². The molecule has 0 aliphatic heterocycles. The number of aryl methyl sites for hydroxylation is 2. The van der Waals surface area contributed by atoms with Crippen molar-refractivity contribution in [3.05, 3.63) is 39.9 Å². The number of ether oxygens (including phenoxy) is 1. The van der Waals surface area contributed by atoms with Crippen LogP contribution >= 0.6 is 11.3 Å². The lowest BCUT2D eigenvalue weighted by atomic mass is 10.00. The molecule has 0 atom stereocenters. The maximum absolute atomic E-state index is 12.4. The summed E-state index contributed by atoms with van der Waals surface area (Å²) < 4.78 is 5.25. The number of carbonyl (C=O) groups excluding carboxylic acids is 1. The van der Waals surface area contributed by atoms with Gasteiger partial charge in [-0.1, -0.05) is 0 Å². The monoisotopic (exact) mass is 276 g/mol. The standard InChI is InChI=1S/C14H16N2O2S/c1-8-6-12(18-4)9(2)5-10(8)13(17)11-7-19-14(15-3)16-11/h5-7H,1-4H3,(H,15,16). The number of rotatable bonds is 4. The molecule has 4 nitrogen and oxygen atoms in total. The molecule has 1 aromatic heterocycles. The third-order valence-electron chi connectivity index (χ3n) is 2.94. The topological polar surface area (TPSA) is 51.2 Å². The fraction of sp³-hybridized carbons (Fsp3) is 0.286. The number of nitrogens with zero attached hydrogens (tertiary/aromatic N) is 1. The smallest absolute Gasteiger partial charge is 0.212 e. The Hall–Kier alpha value is -1.88. The van der Waals surface area contributed by atoms with Gasteiger partial charge in [0.25, 0.3) is 0 Å². The van der Waals surface area contributed by atoms with Gasteiger partial charge in [-0.25, -0.2) is 4.98 Å². The van der Waals surface area contributed by atoms with Gasteiger partial charge in [-0.05, 0) is 37.1 Å². The highest BCUT2D eigenvalue weighted by Gasteiger charge is 2.16. The minimum atomic E-state index is -0.0546. The Bertz CT molecular complexity index is 620. The molecular weight excluding hydrogens is 260 g/mol. The third kappa shape index (κ3) is 2.61. The van der Waals surface area contributed by atoms with E-state index in [1.165, 1.54) is 11.3 Å². The Labute approximate surface area is 116 Å². The van der Waals surface area contributed by atoms with Crippen molar-refractivity contribution in [3.63, 3.8) is 0 Å². The second-order valence-corrected chi connectivity index (χ2v) is 5.11. The largest absolute Gasteiger partial charge is 0.496 e. The number of thiazole rings is 1. The molecule has 0 fully saturated rings. The molecule has 1 N–H and O–H groups in total. The van der Waals surface area contributed by atoms with Crippen LogP contribution in [0.1, 0.15) is 27.2 Å². The number of hydrogen-bond acceptors (Lipinski definition) is 5. The number of ketones is 1. The summed E-state index contributed by atoms with van der Waals surface area (Å²) in [6.45, 7) is 3.83. The van der Waals surface area contributed by atoms with E-state index < -0.39 is 0 Å². The number of nitrogens with one attached hydrogen (secondary N) is 1. The van der Waals surface area contributed by atoms with Gasteiger partial charge in [-0.15, -0.1) is 11.3 Å². The molecule has 2 aromatic rings. The van der Waals surface area contributed by atoms with Crippen LogP contribution in [0, 0.1) is 13.8 Å². The highest BCUT2D eigenvalue weighted by atomic mass is 32.1. The van der Waals surface area contributed by atoms with Crippen LogP contribution in [0.4, 0.5) is 5.13 Å². The average Bonchev–Trinajstić information content (AvgIpc) is 2.89. The minimum absolute atomic E-state index is 0.0546. The summed E-state index contributed by atoms with van der Waals surface area (Å²) in [6.07, 6.45) is 0. The lowest BCUT2D eigenvalue weighted by Gasteiger charge is -2.09. The van der Waals surface area contributed by atoms with E-state index in [2.05, 4.69) is 10.3 Å². The molecular formula is C14H16N2O2S. The molecule has 5 heteroatoms. The van der Waals surface area contributed by atoms with Crippen LogP contribution in [-0.2, 0) is 0 Å². The van der Waals surface area contributed by atoms with Crippen LogP contribution in [0.5, 0.6) is 5.75 Å². The van der Waals surface area contributed by atoms with E-state index in [1.54, 1.807) is 19.5 Å². The van der Waals surface area contributed by atoms with Crippen molar-refractivity contribution < 1.29 is 9.53 Å². The lowest BCUT2D eigenvalue weighted by molar-refractivity contribution is 0.103. The van der Waals surface area contributed by atoms with Crippen molar-refractivity contribution in [3.8, 4) is 5.75 Å². The zero-order valence-corrected chi connectivity index (χ0v) is 12.2. The second kappa shape index (κ2) is 5.40. The van der Waals surface area contributed by atoms with E-state index in [0.29, 0.717) is 11.3 Å². The normalized spacial score (nSPS) is 10.3. The van der Waals surface area contributed by atoms with Crippen LogP contribution < -0.4 is 10.1 Å². The van der Waals surface area contributed by atoms with E-state index in [9.17, 15) is 4.79 Å². The maximum atomic E-state index is 12.4.